The molecule has 0 aromatic rings. The van der Waals surface area contributed by atoms with Crippen molar-refractivity contribution in [3.05, 3.63) is 0 Å². The maximum atomic E-state index is 11.1. The van der Waals surface area contributed by atoms with Gasteiger partial charge in [0.05, 0.1) is 5.41 Å². The molecule has 3 N–H and O–H groups in total. The van der Waals surface area contributed by atoms with Gasteiger partial charge in [-0.2, -0.15) is 0 Å². The van der Waals surface area contributed by atoms with Gasteiger partial charge in [0.15, 0.2) is 0 Å². The smallest absolute Gasteiger partial charge is 0.312 e. The summed E-state index contributed by atoms with van der Waals surface area (Å²) in [4.78, 5) is 11.1. The first-order valence-electron chi connectivity index (χ1n) is 4.40. The van der Waals surface area contributed by atoms with Crippen LogP contribution < -0.4 is 10.6 Å². The van der Waals surface area contributed by atoms with Crippen LogP contribution in [0.4, 0.5) is 0 Å². The standard InChI is InChI=1S/C8H14N2O2/c11-7(12)8-4-9-2-1-6(8)3-10-5-8/h6,9-10H,1-5H2,(H,11,12). The van der Waals surface area contributed by atoms with Crippen LogP contribution in [0.15, 0.2) is 0 Å². The molecule has 68 valence electrons. The van der Waals surface area contributed by atoms with Gasteiger partial charge in [-0.15, -0.1) is 0 Å². The molecule has 2 aliphatic rings. The molecule has 0 aromatic carbocycles. The molecule has 0 amide bonds. The fourth-order valence-electron chi connectivity index (χ4n) is 2.31. The molecule has 2 heterocycles. The molecule has 0 radical (unpaired) electrons. The van der Waals surface area contributed by atoms with Crippen LogP contribution in [-0.2, 0) is 4.79 Å². The van der Waals surface area contributed by atoms with Crippen molar-refractivity contribution < 1.29 is 9.90 Å². The number of carboxylic acid groups (broad SMARTS) is 1. The van der Waals surface area contributed by atoms with Gasteiger partial charge in [-0.3, -0.25) is 4.79 Å². The Morgan fingerprint density at radius 3 is 2.83 bits per heavy atom. The lowest BCUT2D eigenvalue weighted by Gasteiger charge is -2.34. The van der Waals surface area contributed by atoms with Gasteiger partial charge < -0.3 is 15.7 Å². The summed E-state index contributed by atoms with van der Waals surface area (Å²) in [6, 6.07) is 0. The van der Waals surface area contributed by atoms with E-state index in [1.807, 2.05) is 0 Å². The van der Waals surface area contributed by atoms with Crippen LogP contribution in [-0.4, -0.2) is 37.3 Å². The van der Waals surface area contributed by atoms with Gasteiger partial charge >= 0.3 is 5.97 Å². The monoisotopic (exact) mass is 170 g/mol. The summed E-state index contributed by atoms with van der Waals surface area (Å²) in [5.41, 5.74) is -0.516. The summed E-state index contributed by atoms with van der Waals surface area (Å²) in [7, 11) is 0. The van der Waals surface area contributed by atoms with Crippen molar-refractivity contribution in [3.8, 4) is 0 Å². The zero-order valence-electron chi connectivity index (χ0n) is 6.97. The van der Waals surface area contributed by atoms with Crippen molar-refractivity contribution in [2.75, 3.05) is 26.2 Å². The van der Waals surface area contributed by atoms with Crippen molar-refractivity contribution in [1.82, 2.24) is 10.6 Å². The highest BCUT2D eigenvalue weighted by molar-refractivity contribution is 5.76. The fourth-order valence-corrected chi connectivity index (χ4v) is 2.31. The van der Waals surface area contributed by atoms with Crippen molar-refractivity contribution in [3.63, 3.8) is 0 Å². The van der Waals surface area contributed by atoms with Gasteiger partial charge in [-0.1, -0.05) is 0 Å². The molecule has 0 aromatic heterocycles. The lowest BCUT2D eigenvalue weighted by atomic mass is 9.74. The molecule has 0 spiro atoms. The SMILES string of the molecule is O=C(O)C12CNCCC1CNC2. The average Bonchev–Trinajstić information content (AvgIpc) is 2.48. The molecule has 0 saturated carbocycles. The van der Waals surface area contributed by atoms with Gasteiger partial charge in [0.2, 0.25) is 0 Å². The largest absolute Gasteiger partial charge is 0.481 e. The molecule has 2 saturated heterocycles. The second kappa shape index (κ2) is 2.71. The first-order valence-corrected chi connectivity index (χ1v) is 4.40. The number of piperidine rings is 1. The molecule has 2 fully saturated rings. The quantitative estimate of drug-likeness (QED) is 0.485. The molecule has 2 rings (SSSR count). The number of nitrogens with one attached hydrogen (secondary N) is 2. The number of rotatable bonds is 1. The lowest BCUT2D eigenvalue weighted by Crippen LogP contribution is -2.51. The van der Waals surface area contributed by atoms with Gasteiger partial charge in [0, 0.05) is 13.1 Å². The first-order chi connectivity index (χ1) is 5.76. The molecule has 4 nitrogen and oxygen atoms in total. The zero-order valence-corrected chi connectivity index (χ0v) is 6.97. The van der Waals surface area contributed by atoms with Crippen LogP contribution in [0.3, 0.4) is 0 Å². The lowest BCUT2D eigenvalue weighted by molar-refractivity contribution is -0.151. The van der Waals surface area contributed by atoms with E-state index in [1.165, 1.54) is 0 Å². The number of carbonyl (C=O) groups is 1. The van der Waals surface area contributed by atoms with Crippen molar-refractivity contribution in [2.45, 2.75) is 6.42 Å². The minimum absolute atomic E-state index is 0.330. The van der Waals surface area contributed by atoms with Gasteiger partial charge in [0.25, 0.3) is 0 Å². The Labute approximate surface area is 71.3 Å². The van der Waals surface area contributed by atoms with Crippen LogP contribution in [0.2, 0.25) is 0 Å². The highest BCUT2D eigenvalue weighted by Gasteiger charge is 2.50. The molecule has 0 bridgehead atoms. The van der Waals surface area contributed by atoms with Crippen molar-refractivity contribution in [1.29, 1.82) is 0 Å². The van der Waals surface area contributed by atoms with E-state index in [0.717, 1.165) is 19.5 Å². The van der Waals surface area contributed by atoms with Gasteiger partial charge in [-0.25, -0.2) is 0 Å². The molecule has 12 heavy (non-hydrogen) atoms. The molecule has 2 aliphatic heterocycles. The average molecular weight is 170 g/mol. The van der Waals surface area contributed by atoms with Crippen LogP contribution in [0.5, 0.6) is 0 Å². The summed E-state index contributed by atoms with van der Waals surface area (Å²) in [5, 5.41) is 15.4. The third kappa shape index (κ3) is 0.949. The summed E-state index contributed by atoms with van der Waals surface area (Å²) >= 11 is 0. The highest BCUT2D eigenvalue weighted by Crippen LogP contribution is 2.35. The Hall–Kier alpha value is -0.610. The molecule has 4 heteroatoms. The Kier molecular flexibility index (Phi) is 1.81. The van der Waals surface area contributed by atoms with E-state index in [0.29, 0.717) is 19.0 Å². The fraction of sp³-hybridized carbons (Fsp3) is 0.875. The number of hydrogen-bond donors (Lipinski definition) is 3. The van der Waals surface area contributed by atoms with E-state index in [-0.39, 0.29) is 0 Å². The predicted molar refractivity (Wildman–Crippen MR) is 43.9 cm³/mol. The summed E-state index contributed by atoms with van der Waals surface area (Å²) in [5.74, 6) is -0.319. The molecule has 0 aliphatic carbocycles. The third-order valence-corrected chi connectivity index (χ3v) is 3.15. The maximum absolute atomic E-state index is 11.1. The topological polar surface area (TPSA) is 61.4 Å². The first kappa shape index (κ1) is 8.01. The molecule has 2 unspecified atom stereocenters. The normalized spacial score (nSPS) is 40.8. The minimum Gasteiger partial charge on any atom is -0.481 e. The Bertz CT molecular complexity index is 207. The third-order valence-electron chi connectivity index (χ3n) is 3.15. The Balaban J connectivity index is 2.23. The number of hydrogen-bond acceptors (Lipinski definition) is 3. The predicted octanol–water partition coefficient (Wildman–Crippen LogP) is -0.730. The van der Waals surface area contributed by atoms with E-state index in [2.05, 4.69) is 10.6 Å². The van der Waals surface area contributed by atoms with Gasteiger partial charge in [-0.05, 0) is 25.4 Å². The molecular formula is C8H14N2O2. The van der Waals surface area contributed by atoms with E-state index in [1.54, 1.807) is 0 Å². The van der Waals surface area contributed by atoms with Crippen molar-refractivity contribution in [2.24, 2.45) is 11.3 Å². The van der Waals surface area contributed by atoms with Crippen LogP contribution in [0.1, 0.15) is 6.42 Å². The van der Waals surface area contributed by atoms with E-state index in [9.17, 15) is 4.79 Å². The number of aliphatic carboxylic acids is 1. The molecular weight excluding hydrogens is 156 g/mol. The van der Waals surface area contributed by atoms with Crippen molar-refractivity contribution >= 4 is 5.97 Å². The Morgan fingerprint density at radius 1 is 1.42 bits per heavy atom. The van der Waals surface area contributed by atoms with Crippen LogP contribution in [0.25, 0.3) is 0 Å². The molecule has 2 atom stereocenters. The maximum Gasteiger partial charge on any atom is 0.312 e. The number of carboxylic acids is 1. The minimum atomic E-state index is -0.648. The number of fused-ring (bicyclic) bond motifs is 1. The second-order valence-corrected chi connectivity index (χ2v) is 3.75. The van der Waals surface area contributed by atoms with Gasteiger partial charge in [0.1, 0.15) is 0 Å². The second-order valence-electron chi connectivity index (χ2n) is 3.75. The zero-order chi connectivity index (χ0) is 8.60. The van der Waals surface area contributed by atoms with E-state index < -0.39 is 11.4 Å². The van der Waals surface area contributed by atoms with E-state index >= 15 is 0 Å². The van der Waals surface area contributed by atoms with Crippen LogP contribution >= 0.6 is 0 Å². The van der Waals surface area contributed by atoms with Crippen LogP contribution in [0, 0.1) is 11.3 Å². The van der Waals surface area contributed by atoms with E-state index in [4.69, 9.17) is 5.11 Å². The Morgan fingerprint density at radius 2 is 2.17 bits per heavy atom. The summed E-state index contributed by atoms with van der Waals surface area (Å²) in [6.45, 7) is 3.08. The summed E-state index contributed by atoms with van der Waals surface area (Å²) in [6.07, 6.45) is 0.985. The highest BCUT2D eigenvalue weighted by atomic mass is 16.4. The summed E-state index contributed by atoms with van der Waals surface area (Å²) < 4.78 is 0.